The van der Waals surface area contributed by atoms with Gasteiger partial charge in [-0.2, -0.15) is 8.42 Å². The minimum Gasteiger partial charge on any atom is -0.497 e. The number of ether oxygens (including phenoxy) is 2. The third-order valence-electron chi connectivity index (χ3n) is 5.31. The summed E-state index contributed by atoms with van der Waals surface area (Å²) in [6.45, 7) is 5.88. The number of β-lactam (4-membered cyclic amide) rings is 1. The number of esters is 1. The summed E-state index contributed by atoms with van der Waals surface area (Å²) >= 11 is 1.53. The second kappa shape index (κ2) is 10.6. The zero-order valence-corrected chi connectivity index (χ0v) is 20.3. The van der Waals surface area contributed by atoms with Gasteiger partial charge in [-0.1, -0.05) is 36.4 Å². The molecule has 9 nitrogen and oxygen atoms in total. The fraction of sp³-hybridized carbons (Fsp3) is 0.304. The first-order valence-electron chi connectivity index (χ1n) is 10.2. The summed E-state index contributed by atoms with van der Waals surface area (Å²) in [6.07, 6.45) is 0. The van der Waals surface area contributed by atoms with Gasteiger partial charge in [-0.25, -0.2) is 4.79 Å². The summed E-state index contributed by atoms with van der Waals surface area (Å²) < 4.78 is 40.0. The van der Waals surface area contributed by atoms with Crippen molar-refractivity contribution in [1.82, 2.24) is 4.90 Å². The molecule has 2 aromatic rings. The van der Waals surface area contributed by atoms with Crippen LogP contribution in [0.4, 0.5) is 0 Å². The predicted octanol–water partition coefficient (Wildman–Crippen LogP) is 2.15. The topological polar surface area (TPSA) is 136 Å². The lowest BCUT2D eigenvalue weighted by Gasteiger charge is -2.51. The van der Waals surface area contributed by atoms with Gasteiger partial charge in [0.25, 0.3) is 10.1 Å². The van der Waals surface area contributed by atoms with Crippen molar-refractivity contribution in [2.75, 3.05) is 12.9 Å². The lowest BCUT2D eigenvalue weighted by atomic mass is 9.99. The Kier molecular flexibility index (Phi) is 8.03. The highest BCUT2D eigenvalue weighted by Crippen LogP contribution is 2.39. The van der Waals surface area contributed by atoms with E-state index in [9.17, 15) is 18.0 Å². The molecule has 0 aromatic heterocycles. The van der Waals surface area contributed by atoms with E-state index in [2.05, 4.69) is 6.58 Å². The Balaban J connectivity index is 0.000000248. The number of hydrogen-bond acceptors (Lipinski definition) is 8. The van der Waals surface area contributed by atoms with Crippen molar-refractivity contribution in [2.45, 2.75) is 35.9 Å². The molecule has 11 heteroatoms. The molecule has 1 amide bonds. The summed E-state index contributed by atoms with van der Waals surface area (Å²) in [4.78, 5) is 25.7. The molecule has 0 bridgehead atoms. The van der Waals surface area contributed by atoms with E-state index in [-0.39, 0.29) is 22.8 Å². The van der Waals surface area contributed by atoms with Crippen LogP contribution in [0.5, 0.6) is 5.75 Å². The number of benzene rings is 2. The molecule has 2 saturated heterocycles. The first kappa shape index (κ1) is 25.8. The number of nitrogens with zero attached hydrogens (tertiary/aromatic N) is 1. The van der Waals surface area contributed by atoms with Gasteiger partial charge >= 0.3 is 5.97 Å². The molecule has 0 spiro atoms. The number of carbonyl (C=O) groups excluding carboxylic acids is 2. The fourth-order valence-electron chi connectivity index (χ4n) is 3.38. The van der Waals surface area contributed by atoms with E-state index in [0.717, 1.165) is 16.9 Å². The maximum atomic E-state index is 12.4. The van der Waals surface area contributed by atoms with Crippen LogP contribution < -0.4 is 10.5 Å². The zero-order chi connectivity index (χ0) is 25.0. The van der Waals surface area contributed by atoms with E-state index < -0.39 is 28.2 Å². The maximum absolute atomic E-state index is 12.4. The summed E-state index contributed by atoms with van der Waals surface area (Å²) in [7, 11) is -2.43. The molecule has 182 valence electrons. The van der Waals surface area contributed by atoms with Crippen LogP contribution >= 0.6 is 11.8 Å². The van der Waals surface area contributed by atoms with Crippen LogP contribution in [-0.2, 0) is 31.1 Å². The van der Waals surface area contributed by atoms with Crippen molar-refractivity contribution in [3.8, 4) is 5.75 Å². The molecule has 2 fully saturated rings. The number of fused-ring (bicyclic) bond motifs is 1. The number of rotatable bonds is 5. The largest absolute Gasteiger partial charge is 0.497 e. The van der Waals surface area contributed by atoms with E-state index >= 15 is 0 Å². The van der Waals surface area contributed by atoms with Crippen LogP contribution in [0.1, 0.15) is 11.1 Å². The molecule has 0 radical (unpaired) electrons. The van der Waals surface area contributed by atoms with Crippen molar-refractivity contribution >= 4 is 33.8 Å². The van der Waals surface area contributed by atoms with E-state index in [4.69, 9.17) is 19.8 Å². The highest BCUT2D eigenvalue weighted by Gasteiger charge is 2.54. The Morgan fingerprint density at radius 1 is 1.21 bits per heavy atom. The molecule has 3 N–H and O–H groups in total. The zero-order valence-electron chi connectivity index (χ0n) is 18.7. The average Bonchev–Trinajstić information content (AvgIpc) is 2.82. The van der Waals surface area contributed by atoms with Crippen molar-refractivity contribution in [1.29, 1.82) is 0 Å². The van der Waals surface area contributed by atoms with Crippen LogP contribution in [-0.4, -0.2) is 60.1 Å². The highest BCUT2D eigenvalue weighted by atomic mass is 32.2. The monoisotopic (exact) mass is 506 g/mol. The van der Waals surface area contributed by atoms with Gasteiger partial charge in [-0.15, -0.1) is 11.8 Å². The lowest BCUT2D eigenvalue weighted by molar-refractivity contribution is -0.162. The summed E-state index contributed by atoms with van der Waals surface area (Å²) in [5.41, 5.74) is 8.24. The van der Waals surface area contributed by atoms with E-state index in [1.54, 1.807) is 31.4 Å². The Morgan fingerprint density at radius 3 is 2.38 bits per heavy atom. The van der Waals surface area contributed by atoms with E-state index in [1.165, 1.54) is 28.8 Å². The van der Waals surface area contributed by atoms with Gasteiger partial charge in [0, 0.05) is 5.75 Å². The van der Waals surface area contributed by atoms with Gasteiger partial charge in [-0.05, 0) is 42.3 Å². The van der Waals surface area contributed by atoms with Crippen molar-refractivity contribution in [3.05, 3.63) is 71.8 Å². The number of nitrogens with two attached hydrogens (primary N) is 1. The number of hydrogen-bond donors (Lipinski definition) is 2. The second-order valence-electron chi connectivity index (χ2n) is 7.78. The second-order valence-corrected chi connectivity index (χ2v) is 10.3. The smallest absolute Gasteiger partial charge is 0.333 e. The van der Waals surface area contributed by atoms with Gasteiger partial charge in [0.2, 0.25) is 5.91 Å². The van der Waals surface area contributed by atoms with Crippen LogP contribution in [0.3, 0.4) is 0 Å². The van der Waals surface area contributed by atoms with Crippen molar-refractivity contribution in [3.63, 3.8) is 0 Å². The normalized spacial score (nSPS) is 21.5. The molecule has 0 saturated carbocycles. The molecule has 2 aliphatic heterocycles. The van der Waals surface area contributed by atoms with Gasteiger partial charge in [-0.3, -0.25) is 9.35 Å². The summed E-state index contributed by atoms with van der Waals surface area (Å²) in [6, 6.07) is 12.0. The minimum atomic E-state index is -4.02. The lowest BCUT2D eigenvalue weighted by Crippen LogP contribution is -2.73. The predicted molar refractivity (Wildman–Crippen MR) is 128 cm³/mol. The highest BCUT2D eigenvalue weighted by molar-refractivity contribution is 8.00. The van der Waals surface area contributed by atoms with Gasteiger partial charge < -0.3 is 20.1 Å². The molecule has 2 aliphatic rings. The van der Waals surface area contributed by atoms with Crippen LogP contribution in [0.25, 0.3) is 0 Å². The van der Waals surface area contributed by atoms with Crippen LogP contribution in [0.2, 0.25) is 0 Å². The van der Waals surface area contributed by atoms with Gasteiger partial charge in [0.05, 0.1) is 12.0 Å². The molecule has 0 aliphatic carbocycles. The molecule has 3 atom stereocenters. The molecular formula is C23H26N2O7S2. The first-order chi connectivity index (χ1) is 16.0. The fourth-order valence-corrected chi connectivity index (χ4v) is 5.11. The average molecular weight is 507 g/mol. The third-order valence-corrected chi connectivity index (χ3v) is 7.57. The Morgan fingerprint density at radius 2 is 1.82 bits per heavy atom. The number of thioether (sulfide) groups is 1. The summed E-state index contributed by atoms with van der Waals surface area (Å²) in [5.74, 6) is 0.650. The summed E-state index contributed by atoms with van der Waals surface area (Å²) in [5, 5.41) is -0.161. The SMILES string of the molecule is C=C1CS[C@@H]2C(N)C(=O)N2C1C(=O)OCc1ccc(OC)cc1.Cc1ccc(S(=O)(=O)O)cc1. The molecule has 4 rings (SSSR count). The molecule has 34 heavy (non-hydrogen) atoms. The van der Waals surface area contributed by atoms with Gasteiger partial charge in [0.1, 0.15) is 23.8 Å². The molecule has 2 heterocycles. The maximum Gasteiger partial charge on any atom is 0.333 e. The Labute approximate surface area is 202 Å². The molecule has 2 unspecified atom stereocenters. The van der Waals surface area contributed by atoms with E-state index in [0.29, 0.717) is 11.3 Å². The van der Waals surface area contributed by atoms with Crippen molar-refractivity contribution < 1.29 is 32.0 Å². The Hall–Kier alpha value is -2.86. The molecule has 2 aromatic carbocycles. The number of aryl methyl sites for hydroxylation is 1. The standard InChI is InChI=1S/C16H18N2O4S.C7H8O3S/c1-9-8-23-15-12(17)14(19)18(15)13(9)16(20)22-7-10-3-5-11(21-2)6-4-10;1-6-2-4-7(5-3-6)11(8,9)10/h3-6,12-13,15H,1,7-8,17H2,2H3;2-5H,1H3,(H,8,9,10)/t12?,13?,15-;/m1./s1. The third kappa shape index (κ3) is 5.79. The number of methoxy groups -OCH3 is 1. The van der Waals surface area contributed by atoms with Gasteiger partial charge in [0.15, 0.2) is 6.04 Å². The molecular weight excluding hydrogens is 480 g/mol. The van der Waals surface area contributed by atoms with E-state index in [1.807, 2.05) is 19.1 Å². The number of carbonyl (C=O) groups is 2. The number of amides is 1. The van der Waals surface area contributed by atoms with Crippen LogP contribution in [0.15, 0.2) is 65.6 Å². The van der Waals surface area contributed by atoms with Crippen molar-refractivity contribution in [2.24, 2.45) is 5.73 Å². The minimum absolute atomic E-state index is 0.0666. The quantitative estimate of drug-likeness (QED) is 0.270. The first-order valence-corrected chi connectivity index (χ1v) is 12.7. The Bertz CT molecular complexity index is 1160. The van der Waals surface area contributed by atoms with Crippen LogP contribution in [0, 0.1) is 6.92 Å².